The summed E-state index contributed by atoms with van der Waals surface area (Å²) in [7, 11) is 1.56. The van der Waals surface area contributed by atoms with Crippen LogP contribution in [0.4, 0.5) is 16.3 Å². The van der Waals surface area contributed by atoms with Crippen LogP contribution >= 0.6 is 0 Å². The number of urea groups is 1. The fraction of sp³-hybridized carbons (Fsp3) is 0.333. The molecule has 3 rings (SSSR count). The van der Waals surface area contributed by atoms with Crippen LogP contribution in [0.25, 0.3) is 11.4 Å². The van der Waals surface area contributed by atoms with E-state index in [1.165, 1.54) is 0 Å². The van der Waals surface area contributed by atoms with Gasteiger partial charge in [-0.25, -0.2) is 14.8 Å². The Morgan fingerprint density at radius 3 is 2.72 bits per heavy atom. The highest BCUT2D eigenvalue weighted by molar-refractivity contribution is 5.91. The van der Waals surface area contributed by atoms with Gasteiger partial charge in [0, 0.05) is 36.3 Å². The van der Waals surface area contributed by atoms with E-state index in [-0.39, 0.29) is 12.1 Å². The van der Waals surface area contributed by atoms with Crippen molar-refractivity contribution < 1.29 is 9.53 Å². The molecule has 0 fully saturated rings. The molecule has 0 spiro atoms. The molecule has 0 aliphatic rings. The van der Waals surface area contributed by atoms with Crippen molar-refractivity contribution in [2.45, 2.75) is 39.7 Å². The van der Waals surface area contributed by atoms with Crippen LogP contribution in [0.5, 0.6) is 5.75 Å². The van der Waals surface area contributed by atoms with Crippen LogP contribution < -0.4 is 20.7 Å². The van der Waals surface area contributed by atoms with Gasteiger partial charge in [-0.2, -0.15) is 0 Å². The first kappa shape index (κ1) is 23.0. The van der Waals surface area contributed by atoms with Crippen LogP contribution in [0.2, 0.25) is 0 Å². The Morgan fingerprint density at radius 2 is 2.03 bits per heavy atom. The molecule has 0 unspecified atom stereocenters. The van der Waals surface area contributed by atoms with Gasteiger partial charge in [0.1, 0.15) is 11.6 Å². The fourth-order valence-electron chi connectivity index (χ4n) is 3.35. The first-order chi connectivity index (χ1) is 15.5. The molecule has 1 atom stereocenters. The monoisotopic (exact) mass is 434 g/mol. The van der Waals surface area contributed by atoms with Crippen LogP contribution in [0.3, 0.4) is 0 Å². The molecule has 3 N–H and O–H groups in total. The Bertz CT molecular complexity index is 1040. The van der Waals surface area contributed by atoms with Crippen molar-refractivity contribution in [1.82, 2.24) is 20.3 Å². The molecule has 0 saturated carbocycles. The maximum atomic E-state index is 11.9. The zero-order valence-corrected chi connectivity index (χ0v) is 19.0. The number of anilines is 2. The molecule has 2 aromatic heterocycles. The van der Waals surface area contributed by atoms with Crippen molar-refractivity contribution in [3.05, 3.63) is 60.0 Å². The van der Waals surface area contributed by atoms with E-state index in [2.05, 4.69) is 38.9 Å². The molecule has 0 aliphatic heterocycles. The molecule has 2 heterocycles. The minimum absolute atomic E-state index is 0.105. The number of aromatic nitrogens is 3. The number of ether oxygens (including phenoxy) is 1. The maximum Gasteiger partial charge on any atom is 0.319 e. The topological polar surface area (TPSA) is 101 Å². The predicted octanol–water partition coefficient (Wildman–Crippen LogP) is 4.95. The number of benzene rings is 1. The van der Waals surface area contributed by atoms with Crippen LogP contribution in [-0.2, 0) is 0 Å². The molecule has 0 radical (unpaired) electrons. The van der Waals surface area contributed by atoms with Gasteiger partial charge in [0.2, 0.25) is 0 Å². The Balaban J connectivity index is 1.88. The molecule has 3 aromatic rings. The van der Waals surface area contributed by atoms with Gasteiger partial charge in [0.05, 0.1) is 18.8 Å². The molecule has 2 amide bonds. The second kappa shape index (κ2) is 11.1. The molecule has 32 heavy (non-hydrogen) atoms. The Labute approximate surface area is 188 Å². The largest absolute Gasteiger partial charge is 0.495 e. The predicted molar refractivity (Wildman–Crippen MR) is 127 cm³/mol. The van der Waals surface area contributed by atoms with Crippen molar-refractivity contribution in [3.8, 4) is 17.1 Å². The van der Waals surface area contributed by atoms with Crippen LogP contribution in [-0.4, -0.2) is 34.6 Å². The zero-order chi connectivity index (χ0) is 22.9. The first-order valence-corrected chi connectivity index (χ1v) is 10.8. The number of amides is 2. The van der Waals surface area contributed by atoms with Crippen molar-refractivity contribution >= 4 is 17.5 Å². The molecule has 0 bridgehead atoms. The first-order valence-electron chi connectivity index (χ1n) is 10.8. The zero-order valence-electron chi connectivity index (χ0n) is 19.0. The smallest absolute Gasteiger partial charge is 0.319 e. The molecule has 168 valence electrons. The molecule has 1 aromatic carbocycles. The number of hydrogen-bond donors (Lipinski definition) is 3. The van der Waals surface area contributed by atoms with E-state index in [4.69, 9.17) is 9.72 Å². The van der Waals surface area contributed by atoms with E-state index < -0.39 is 0 Å². The van der Waals surface area contributed by atoms with Crippen LogP contribution in [0.15, 0.2) is 48.9 Å². The van der Waals surface area contributed by atoms with Crippen LogP contribution in [0.1, 0.15) is 43.9 Å². The normalized spacial score (nSPS) is 11.5. The van der Waals surface area contributed by atoms with Gasteiger partial charge < -0.3 is 20.7 Å². The van der Waals surface area contributed by atoms with E-state index in [0.29, 0.717) is 23.8 Å². The molecule has 0 aliphatic carbocycles. The lowest BCUT2D eigenvalue weighted by molar-refractivity contribution is 0.252. The fourth-order valence-corrected chi connectivity index (χ4v) is 3.35. The van der Waals surface area contributed by atoms with Crippen LogP contribution in [0, 0.1) is 6.92 Å². The van der Waals surface area contributed by atoms with Gasteiger partial charge >= 0.3 is 6.03 Å². The molecule has 0 saturated heterocycles. The van der Waals surface area contributed by atoms with Crippen molar-refractivity contribution in [1.29, 1.82) is 0 Å². The van der Waals surface area contributed by atoms with E-state index in [9.17, 15) is 4.79 Å². The average Bonchev–Trinajstić information content (AvgIpc) is 2.81. The minimum Gasteiger partial charge on any atom is -0.495 e. The highest BCUT2D eigenvalue weighted by atomic mass is 16.5. The Kier molecular flexibility index (Phi) is 7.96. The Morgan fingerprint density at radius 1 is 1.19 bits per heavy atom. The summed E-state index contributed by atoms with van der Waals surface area (Å²) in [5.41, 5.74) is 3.45. The minimum atomic E-state index is -0.283. The third kappa shape index (κ3) is 5.72. The summed E-state index contributed by atoms with van der Waals surface area (Å²) in [5.74, 6) is 1.88. The number of carbonyl (C=O) groups excluding carboxylic acids is 1. The molecule has 8 heteroatoms. The SMILES string of the molecule is CCC[C@@H](Nc1nc(-c2ccc(NC(=O)NCC)c(OC)c2)ncc1C)c1cccnc1. The summed E-state index contributed by atoms with van der Waals surface area (Å²) in [6.07, 6.45) is 7.46. The third-order valence-electron chi connectivity index (χ3n) is 4.99. The number of pyridine rings is 1. The Hall–Kier alpha value is -3.68. The second-order valence-corrected chi connectivity index (χ2v) is 7.40. The van der Waals surface area contributed by atoms with Gasteiger partial charge in [-0.05, 0) is 50.1 Å². The van der Waals surface area contributed by atoms with Crippen molar-refractivity contribution in [3.63, 3.8) is 0 Å². The average molecular weight is 435 g/mol. The van der Waals surface area contributed by atoms with Gasteiger partial charge in [-0.15, -0.1) is 0 Å². The number of rotatable bonds is 9. The number of nitrogens with zero attached hydrogens (tertiary/aromatic N) is 3. The molecular formula is C24H30N6O2. The summed E-state index contributed by atoms with van der Waals surface area (Å²) in [6, 6.07) is 9.31. The van der Waals surface area contributed by atoms with Gasteiger partial charge in [0.25, 0.3) is 0 Å². The molecule has 8 nitrogen and oxygen atoms in total. The summed E-state index contributed by atoms with van der Waals surface area (Å²) in [4.78, 5) is 25.4. The number of nitrogens with one attached hydrogen (secondary N) is 3. The van der Waals surface area contributed by atoms with Gasteiger partial charge in [-0.3, -0.25) is 4.98 Å². The highest BCUT2D eigenvalue weighted by Crippen LogP contribution is 2.31. The van der Waals surface area contributed by atoms with Crippen molar-refractivity contribution in [2.24, 2.45) is 0 Å². The second-order valence-electron chi connectivity index (χ2n) is 7.40. The van der Waals surface area contributed by atoms with E-state index in [1.54, 1.807) is 19.4 Å². The third-order valence-corrected chi connectivity index (χ3v) is 4.99. The highest BCUT2D eigenvalue weighted by Gasteiger charge is 2.15. The van der Waals surface area contributed by atoms with E-state index in [0.717, 1.165) is 35.3 Å². The standard InChI is InChI=1S/C24H30N6O2/c1-5-8-19(18-9-7-12-25-15-18)28-22-16(3)14-27-23(30-22)17-10-11-20(21(13-17)32-4)29-24(31)26-6-2/h7,9-15,19H,5-6,8H2,1-4H3,(H2,26,29,31)(H,27,28,30)/t19-/m1/s1. The maximum absolute atomic E-state index is 11.9. The van der Waals surface area contributed by atoms with Gasteiger partial charge in [-0.1, -0.05) is 19.4 Å². The van der Waals surface area contributed by atoms with E-state index >= 15 is 0 Å². The lowest BCUT2D eigenvalue weighted by Gasteiger charge is -2.20. The molecular weight excluding hydrogens is 404 g/mol. The summed E-state index contributed by atoms with van der Waals surface area (Å²) >= 11 is 0. The lowest BCUT2D eigenvalue weighted by Crippen LogP contribution is -2.28. The number of hydrogen-bond acceptors (Lipinski definition) is 6. The van der Waals surface area contributed by atoms with Gasteiger partial charge in [0.15, 0.2) is 5.82 Å². The van der Waals surface area contributed by atoms with Crippen molar-refractivity contribution in [2.75, 3.05) is 24.3 Å². The van der Waals surface area contributed by atoms with E-state index in [1.807, 2.05) is 44.4 Å². The summed E-state index contributed by atoms with van der Waals surface area (Å²) in [6.45, 7) is 6.54. The number of carbonyl (C=O) groups is 1. The number of methoxy groups -OCH3 is 1. The number of aryl methyl sites for hydroxylation is 1. The summed E-state index contributed by atoms with van der Waals surface area (Å²) in [5, 5.41) is 9.06. The quantitative estimate of drug-likeness (QED) is 0.440. The summed E-state index contributed by atoms with van der Waals surface area (Å²) < 4.78 is 5.47. The lowest BCUT2D eigenvalue weighted by atomic mass is 10.0.